The van der Waals surface area contributed by atoms with E-state index in [-0.39, 0.29) is 16.3 Å². The Labute approximate surface area is 180 Å². The van der Waals surface area contributed by atoms with Crippen LogP contribution in [0, 0.1) is 24.0 Å². The molecule has 0 atom stereocenters. The number of aromatic nitrogens is 1. The van der Waals surface area contributed by atoms with Gasteiger partial charge in [0.15, 0.2) is 0 Å². The van der Waals surface area contributed by atoms with Gasteiger partial charge in [0.25, 0.3) is 15.7 Å². The monoisotopic (exact) mass is 439 g/mol. The summed E-state index contributed by atoms with van der Waals surface area (Å²) in [6.45, 7) is 5.39. The van der Waals surface area contributed by atoms with Crippen molar-refractivity contribution in [1.29, 1.82) is 0 Å². The maximum absolute atomic E-state index is 13.1. The highest BCUT2D eigenvalue weighted by Crippen LogP contribution is 2.29. The molecule has 1 heterocycles. The third kappa shape index (κ3) is 5.23. The van der Waals surface area contributed by atoms with Crippen LogP contribution in [-0.2, 0) is 10.0 Å². The van der Waals surface area contributed by atoms with Crippen molar-refractivity contribution in [2.75, 3.05) is 10.1 Å². The standard InChI is InChI=1S/C21H21N5O4S/c1-14-7-9-18(15(2)12-14)25-31(29,30)21-13-17(26(27)28)8-10-20(21)24-23-16(3)19-6-4-5-11-22-19/h4-13,24-25H,1-3H3/b23-16+. The van der Waals surface area contributed by atoms with Crippen molar-refractivity contribution in [2.24, 2.45) is 5.10 Å². The van der Waals surface area contributed by atoms with E-state index in [9.17, 15) is 18.5 Å². The van der Waals surface area contributed by atoms with Gasteiger partial charge in [-0.3, -0.25) is 25.2 Å². The van der Waals surface area contributed by atoms with Gasteiger partial charge in [-0.15, -0.1) is 0 Å². The molecule has 0 fully saturated rings. The smallest absolute Gasteiger partial charge is 0.270 e. The van der Waals surface area contributed by atoms with Crippen molar-refractivity contribution in [2.45, 2.75) is 25.7 Å². The Morgan fingerprint density at radius 2 is 1.81 bits per heavy atom. The Morgan fingerprint density at radius 1 is 1.06 bits per heavy atom. The van der Waals surface area contributed by atoms with Gasteiger partial charge >= 0.3 is 0 Å². The lowest BCUT2D eigenvalue weighted by atomic mass is 10.1. The fraction of sp³-hybridized carbons (Fsp3) is 0.143. The number of benzene rings is 2. The van der Waals surface area contributed by atoms with E-state index < -0.39 is 14.9 Å². The average molecular weight is 439 g/mol. The number of non-ortho nitro benzene ring substituents is 1. The maximum atomic E-state index is 13.1. The molecular weight excluding hydrogens is 418 g/mol. The first-order valence-electron chi connectivity index (χ1n) is 9.27. The SMILES string of the molecule is C/C(=N\Nc1ccc([N+](=O)[O-])cc1S(=O)(=O)Nc1ccc(C)cc1C)c1ccccn1. The van der Waals surface area contributed by atoms with Gasteiger partial charge in [-0.2, -0.15) is 5.10 Å². The number of hydrogen-bond donors (Lipinski definition) is 2. The summed E-state index contributed by atoms with van der Waals surface area (Å²) in [5.41, 5.74) is 5.67. The van der Waals surface area contributed by atoms with Crippen LogP contribution in [0.2, 0.25) is 0 Å². The van der Waals surface area contributed by atoms with Gasteiger partial charge in [0.05, 0.1) is 27.7 Å². The molecule has 9 nitrogen and oxygen atoms in total. The fourth-order valence-electron chi connectivity index (χ4n) is 2.85. The van der Waals surface area contributed by atoms with E-state index in [2.05, 4.69) is 20.2 Å². The third-order valence-electron chi connectivity index (χ3n) is 4.47. The molecule has 31 heavy (non-hydrogen) atoms. The largest absolute Gasteiger partial charge is 0.279 e. The van der Waals surface area contributed by atoms with Gasteiger partial charge < -0.3 is 0 Å². The maximum Gasteiger partial charge on any atom is 0.270 e. The number of hydrazone groups is 1. The summed E-state index contributed by atoms with van der Waals surface area (Å²) in [5.74, 6) is 0. The molecule has 0 aliphatic rings. The van der Waals surface area contributed by atoms with Crippen LogP contribution in [0.4, 0.5) is 17.1 Å². The third-order valence-corrected chi connectivity index (χ3v) is 5.88. The molecule has 160 valence electrons. The molecule has 0 unspecified atom stereocenters. The number of pyridine rings is 1. The number of nitro groups is 1. The van der Waals surface area contributed by atoms with Crippen LogP contribution < -0.4 is 10.1 Å². The molecule has 0 aliphatic carbocycles. The summed E-state index contributed by atoms with van der Waals surface area (Å²) < 4.78 is 28.7. The molecule has 0 saturated heterocycles. The zero-order chi connectivity index (χ0) is 22.6. The Morgan fingerprint density at radius 3 is 2.45 bits per heavy atom. The van der Waals surface area contributed by atoms with Gasteiger partial charge in [-0.05, 0) is 50.6 Å². The molecule has 0 radical (unpaired) electrons. The average Bonchev–Trinajstić information content (AvgIpc) is 2.74. The minimum atomic E-state index is -4.15. The summed E-state index contributed by atoms with van der Waals surface area (Å²) in [4.78, 5) is 14.5. The number of sulfonamides is 1. The first-order valence-corrected chi connectivity index (χ1v) is 10.8. The summed E-state index contributed by atoms with van der Waals surface area (Å²) in [5, 5.41) is 15.4. The molecule has 0 spiro atoms. The van der Waals surface area contributed by atoms with Crippen molar-refractivity contribution in [1.82, 2.24) is 4.98 Å². The first kappa shape index (κ1) is 21.9. The van der Waals surface area contributed by atoms with Crippen molar-refractivity contribution in [3.8, 4) is 0 Å². The second-order valence-corrected chi connectivity index (χ2v) is 8.54. The number of anilines is 2. The Hall–Kier alpha value is -3.79. The van der Waals surface area contributed by atoms with E-state index >= 15 is 0 Å². The highest BCUT2D eigenvalue weighted by atomic mass is 32.2. The van der Waals surface area contributed by atoms with Crippen LogP contribution in [0.25, 0.3) is 0 Å². The Bertz CT molecular complexity index is 1260. The lowest BCUT2D eigenvalue weighted by Gasteiger charge is -2.14. The molecule has 3 rings (SSSR count). The predicted molar refractivity (Wildman–Crippen MR) is 120 cm³/mol. The Kier molecular flexibility index (Phi) is 6.30. The summed E-state index contributed by atoms with van der Waals surface area (Å²) in [7, 11) is -4.15. The van der Waals surface area contributed by atoms with E-state index in [0.717, 1.165) is 17.2 Å². The lowest BCUT2D eigenvalue weighted by molar-refractivity contribution is -0.385. The zero-order valence-electron chi connectivity index (χ0n) is 17.2. The predicted octanol–water partition coefficient (Wildman–Crippen LogP) is 4.24. The number of aryl methyl sites for hydroxylation is 2. The van der Waals surface area contributed by atoms with Crippen molar-refractivity contribution in [3.63, 3.8) is 0 Å². The van der Waals surface area contributed by atoms with Crippen LogP contribution in [0.15, 0.2) is 70.8 Å². The zero-order valence-corrected chi connectivity index (χ0v) is 18.0. The van der Waals surface area contributed by atoms with Crippen LogP contribution in [-0.4, -0.2) is 24.0 Å². The van der Waals surface area contributed by atoms with Gasteiger partial charge in [-0.1, -0.05) is 23.8 Å². The van der Waals surface area contributed by atoms with Crippen LogP contribution >= 0.6 is 0 Å². The highest BCUT2D eigenvalue weighted by molar-refractivity contribution is 7.92. The van der Waals surface area contributed by atoms with Gasteiger partial charge in [-0.25, -0.2) is 8.42 Å². The number of nitrogens with zero attached hydrogens (tertiary/aromatic N) is 3. The second kappa shape index (κ2) is 8.92. The Balaban J connectivity index is 2.00. The number of nitro benzene ring substituents is 1. The van der Waals surface area contributed by atoms with Crippen LogP contribution in [0.3, 0.4) is 0 Å². The van der Waals surface area contributed by atoms with E-state index in [1.807, 2.05) is 13.0 Å². The van der Waals surface area contributed by atoms with E-state index in [0.29, 0.717) is 17.1 Å². The summed E-state index contributed by atoms with van der Waals surface area (Å²) in [6, 6.07) is 14.1. The van der Waals surface area contributed by atoms with Gasteiger partial charge in [0, 0.05) is 18.3 Å². The van der Waals surface area contributed by atoms with E-state index in [1.165, 1.54) is 12.1 Å². The van der Waals surface area contributed by atoms with E-state index in [4.69, 9.17) is 0 Å². The molecule has 2 N–H and O–H groups in total. The molecule has 3 aromatic rings. The number of nitrogens with one attached hydrogen (secondary N) is 2. The van der Waals surface area contributed by atoms with E-state index in [1.54, 1.807) is 50.4 Å². The molecule has 2 aromatic carbocycles. The van der Waals surface area contributed by atoms with Crippen LogP contribution in [0.1, 0.15) is 23.7 Å². The minimum absolute atomic E-state index is 0.0955. The molecular formula is C21H21N5O4S. The van der Waals surface area contributed by atoms with Crippen molar-refractivity contribution in [3.05, 3.63) is 87.7 Å². The topological polar surface area (TPSA) is 127 Å². The van der Waals surface area contributed by atoms with Crippen molar-refractivity contribution >= 4 is 32.8 Å². The van der Waals surface area contributed by atoms with Crippen molar-refractivity contribution < 1.29 is 13.3 Å². The van der Waals surface area contributed by atoms with Crippen LogP contribution in [0.5, 0.6) is 0 Å². The summed E-state index contributed by atoms with van der Waals surface area (Å²) in [6.07, 6.45) is 1.62. The minimum Gasteiger partial charge on any atom is -0.279 e. The molecule has 0 saturated carbocycles. The fourth-order valence-corrected chi connectivity index (χ4v) is 4.15. The molecule has 0 aliphatic heterocycles. The number of hydrogen-bond acceptors (Lipinski definition) is 7. The first-order chi connectivity index (χ1) is 14.7. The molecule has 0 bridgehead atoms. The van der Waals surface area contributed by atoms with Gasteiger partial charge in [0.2, 0.25) is 0 Å². The lowest BCUT2D eigenvalue weighted by Crippen LogP contribution is -2.16. The quantitative estimate of drug-likeness (QED) is 0.322. The van der Waals surface area contributed by atoms with Gasteiger partial charge in [0.1, 0.15) is 4.90 Å². The summed E-state index contributed by atoms with van der Waals surface area (Å²) >= 11 is 0. The molecule has 10 heteroatoms. The highest BCUT2D eigenvalue weighted by Gasteiger charge is 2.23. The molecule has 0 amide bonds. The normalized spacial score (nSPS) is 11.8. The number of rotatable bonds is 7. The molecule has 1 aromatic heterocycles. The second-order valence-electron chi connectivity index (χ2n) is 6.89.